The number of nitrogens with zero attached hydrogens (tertiary/aromatic N) is 5. The van der Waals surface area contributed by atoms with Gasteiger partial charge in [-0.25, -0.2) is 9.97 Å². The van der Waals surface area contributed by atoms with E-state index in [1.165, 1.54) is 0 Å². The fourth-order valence-electron chi connectivity index (χ4n) is 3.86. The second kappa shape index (κ2) is 6.71. The number of aryl methyl sites for hydroxylation is 1. The van der Waals surface area contributed by atoms with Gasteiger partial charge in [-0.1, -0.05) is 0 Å². The van der Waals surface area contributed by atoms with Gasteiger partial charge in [-0.2, -0.15) is 0 Å². The van der Waals surface area contributed by atoms with Gasteiger partial charge < -0.3 is 9.80 Å². The van der Waals surface area contributed by atoms with E-state index in [-0.39, 0.29) is 11.9 Å². The van der Waals surface area contributed by atoms with E-state index in [4.69, 9.17) is 0 Å². The van der Waals surface area contributed by atoms with Crippen LogP contribution in [0.15, 0.2) is 35.2 Å². The Hall–Kier alpha value is -2.02. The van der Waals surface area contributed by atoms with Gasteiger partial charge in [0.1, 0.15) is 0 Å². The molecule has 0 aromatic carbocycles. The lowest BCUT2D eigenvalue weighted by Crippen LogP contribution is -2.50. The summed E-state index contributed by atoms with van der Waals surface area (Å²) in [7, 11) is 0. The second-order valence-corrected chi connectivity index (χ2v) is 7.65. The minimum Gasteiger partial charge on any atom is -0.339 e. The van der Waals surface area contributed by atoms with E-state index in [1.54, 1.807) is 18.6 Å². The van der Waals surface area contributed by atoms with E-state index in [1.807, 2.05) is 24.0 Å². The fourth-order valence-corrected chi connectivity index (χ4v) is 4.22. The highest BCUT2D eigenvalue weighted by Crippen LogP contribution is 2.33. The van der Waals surface area contributed by atoms with Gasteiger partial charge in [0, 0.05) is 48.4 Å². The molecule has 4 heterocycles. The molecular formula is C18H20BrN5O. The summed E-state index contributed by atoms with van der Waals surface area (Å²) >= 11 is 3.40. The normalized spacial score (nSPS) is 22.8. The van der Waals surface area contributed by atoms with Crippen LogP contribution in [0.4, 0.5) is 5.95 Å². The predicted molar refractivity (Wildman–Crippen MR) is 98.5 cm³/mol. The molecule has 2 saturated heterocycles. The Balaban J connectivity index is 1.55. The fraction of sp³-hybridized carbons (Fsp3) is 0.444. The van der Waals surface area contributed by atoms with Crippen LogP contribution in [0.3, 0.4) is 0 Å². The molecule has 7 heteroatoms. The number of fused-ring (bicyclic) bond motifs is 1. The Kier molecular flexibility index (Phi) is 4.41. The van der Waals surface area contributed by atoms with Crippen molar-refractivity contribution < 1.29 is 4.79 Å². The molecule has 0 spiro atoms. The number of anilines is 1. The molecule has 2 unspecified atom stereocenters. The molecule has 1 amide bonds. The van der Waals surface area contributed by atoms with Crippen molar-refractivity contribution in [2.45, 2.75) is 25.8 Å². The van der Waals surface area contributed by atoms with E-state index in [9.17, 15) is 4.79 Å². The van der Waals surface area contributed by atoms with Crippen molar-refractivity contribution >= 4 is 27.8 Å². The summed E-state index contributed by atoms with van der Waals surface area (Å²) in [6.45, 7) is 4.53. The van der Waals surface area contributed by atoms with E-state index in [0.29, 0.717) is 11.5 Å². The van der Waals surface area contributed by atoms with Gasteiger partial charge >= 0.3 is 0 Å². The van der Waals surface area contributed by atoms with Crippen molar-refractivity contribution in [2.75, 3.05) is 24.5 Å². The van der Waals surface area contributed by atoms with Crippen molar-refractivity contribution in [3.8, 4) is 0 Å². The van der Waals surface area contributed by atoms with Gasteiger partial charge in [-0.15, -0.1) is 0 Å². The maximum atomic E-state index is 13.0. The molecule has 2 aromatic rings. The summed E-state index contributed by atoms with van der Waals surface area (Å²) in [5.74, 6) is 1.39. The maximum absolute atomic E-state index is 13.0. The van der Waals surface area contributed by atoms with Gasteiger partial charge in [-0.3, -0.25) is 9.78 Å². The number of halogens is 1. The van der Waals surface area contributed by atoms with Crippen molar-refractivity contribution in [2.24, 2.45) is 5.92 Å². The van der Waals surface area contributed by atoms with Crippen LogP contribution in [-0.2, 0) is 0 Å². The zero-order chi connectivity index (χ0) is 17.4. The summed E-state index contributed by atoms with van der Waals surface area (Å²) in [6, 6.07) is 3.96. The number of piperidine rings is 1. The van der Waals surface area contributed by atoms with Crippen LogP contribution in [0, 0.1) is 12.8 Å². The lowest BCUT2D eigenvalue weighted by Gasteiger charge is -2.38. The van der Waals surface area contributed by atoms with Gasteiger partial charge in [0.25, 0.3) is 5.91 Å². The lowest BCUT2D eigenvalue weighted by atomic mass is 9.92. The third-order valence-corrected chi connectivity index (χ3v) is 5.57. The predicted octanol–water partition coefficient (Wildman–Crippen LogP) is 2.68. The number of aromatic nitrogens is 3. The van der Waals surface area contributed by atoms with Crippen LogP contribution < -0.4 is 4.90 Å². The maximum Gasteiger partial charge on any atom is 0.255 e. The number of carbonyl (C=O) groups excluding carboxylic acids is 1. The largest absolute Gasteiger partial charge is 0.339 e. The lowest BCUT2D eigenvalue weighted by molar-refractivity contribution is 0.0711. The van der Waals surface area contributed by atoms with Crippen LogP contribution in [-0.4, -0.2) is 51.4 Å². The highest BCUT2D eigenvalue weighted by molar-refractivity contribution is 9.10. The van der Waals surface area contributed by atoms with E-state index in [2.05, 4.69) is 35.8 Å². The van der Waals surface area contributed by atoms with Crippen LogP contribution >= 0.6 is 15.9 Å². The molecule has 0 aliphatic carbocycles. The van der Waals surface area contributed by atoms with E-state index >= 15 is 0 Å². The number of pyridine rings is 1. The minimum absolute atomic E-state index is 0.0633. The zero-order valence-corrected chi connectivity index (χ0v) is 15.7. The Labute approximate surface area is 155 Å². The molecule has 2 aromatic heterocycles. The molecule has 4 rings (SSSR count). The summed E-state index contributed by atoms with van der Waals surface area (Å²) in [5.41, 5.74) is 1.60. The van der Waals surface area contributed by atoms with Crippen molar-refractivity contribution in [3.05, 3.63) is 46.5 Å². The number of hydrogen-bond acceptors (Lipinski definition) is 5. The number of hydrogen-bond donors (Lipinski definition) is 0. The molecular weight excluding hydrogens is 382 g/mol. The molecule has 130 valence electrons. The first-order chi connectivity index (χ1) is 12.1. The minimum atomic E-state index is 0.0633. The molecule has 0 N–H and O–H groups in total. The van der Waals surface area contributed by atoms with Crippen LogP contribution in [0.25, 0.3) is 0 Å². The molecule has 2 atom stereocenters. The van der Waals surface area contributed by atoms with E-state index < -0.39 is 0 Å². The molecule has 0 bridgehead atoms. The number of carbonyl (C=O) groups is 1. The first-order valence-corrected chi connectivity index (χ1v) is 9.37. The van der Waals surface area contributed by atoms with Crippen LogP contribution in [0.2, 0.25) is 0 Å². The topological polar surface area (TPSA) is 62.2 Å². The highest BCUT2D eigenvalue weighted by atomic mass is 79.9. The summed E-state index contributed by atoms with van der Waals surface area (Å²) < 4.78 is 0.826. The van der Waals surface area contributed by atoms with E-state index in [0.717, 1.165) is 48.6 Å². The third-order valence-electron chi connectivity index (χ3n) is 5.14. The highest BCUT2D eigenvalue weighted by Gasteiger charge is 2.41. The molecule has 6 nitrogen and oxygen atoms in total. The first-order valence-electron chi connectivity index (χ1n) is 8.58. The molecule has 2 fully saturated rings. The zero-order valence-electron chi connectivity index (χ0n) is 14.1. The monoisotopic (exact) mass is 401 g/mol. The van der Waals surface area contributed by atoms with Crippen molar-refractivity contribution in [1.82, 2.24) is 19.9 Å². The number of rotatable bonds is 2. The molecule has 25 heavy (non-hydrogen) atoms. The molecule has 2 aliphatic heterocycles. The third kappa shape index (κ3) is 3.25. The Morgan fingerprint density at radius 3 is 2.92 bits per heavy atom. The Morgan fingerprint density at radius 2 is 2.12 bits per heavy atom. The van der Waals surface area contributed by atoms with Gasteiger partial charge in [0.2, 0.25) is 5.95 Å². The Morgan fingerprint density at radius 1 is 1.28 bits per heavy atom. The summed E-state index contributed by atoms with van der Waals surface area (Å²) in [6.07, 6.45) is 7.28. The Bertz CT molecular complexity index is 799. The van der Waals surface area contributed by atoms with Crippen molar-refractivity contribution in [1.29, 1.82) is 0 Å². The quantitative estimate of drug-likeness (QED) is 0.773. The average Bonchev–Trinajstić information content (AvgIpc) is 3.04. The standard InChI is InChI=1S/C18H20BrN5O/c1-12-2-5-21-18(22-12)23-6-3-13-4-7-24(16(13)11-23)17(25)14-8-15(19)10-20-9-14/h2,5,8-10,13,16H,3-4,6-7,11H2,1H3. The van der Waals surface area contributed by atoms with Crippen molar-refractivity contribution in [3.63, 3.8) is 0 Å². The summed E-state index contributed by atoms with van der Waals surface area (Å²) in [4.78, 5) is 30.3. The average molecular weight is 402 g/mol. The SMILES string of the molecule is Cc1ccnc(N2CCC3CCN(C(=O)c4cncc(Br)c4)C3C2)n1. The number of likely N-dealkylation sites (tertiary alicyclic amines) is 1. The van der Waals surface area contributed by atoms with Gasteiger partial charge in [0.05, 0.1) is 11.6 Å². The smallest absolute Gasteiger partial charge is 0.255 e. The van der Waals surface area contributed by atoms with Gasteiger partial charge in [-0.05, 0) is 53.7 Å². The van der Waals surface area contributed by atoms with Crippen LogP contribution in [0.5, 0.6) is 0 Å². The first kappa shape index (κ1) is 16.4. The molecule has 0 saturated carbocycles. The van der Waals surface area contributed by atoms with Crippen LogP contribution in [0.1, 0.15) is 28.9 Å². The second-order valence-electron chi connectivity index (χ2n) is 6.74. The summed E-state index contributed by atoms with van der Waals surface area (Å²) in [5, 5.41) is 0. The molecule has 2 aliphatic rings. The molecule has 0 radical (unpaired) electrons. The number of amides is 1. The van der Waals surface area contributed by atoms with Gasteiger partial charge in [0.15, 0.2) is 0 Å².